The lowest BCUT2D eigenvalue weighted by molar-refractivity contribution is 0.0691. The zero-order valence-electron chi connectivity index (χ0n) is 10.0. The van der Waals surface area contributed by atoms with Crippen LogP contribution in [0.1, 0.15) is 16.1 Å². The predicted octanol–water partition coefficient (Wildman–Crippen LogP) is 1.83. The molecule has 0 amide bonds. The summed E-state index contributed by atoms with van der Waals surface area (Å²) in [6.07, 6.45) is 3.89. The molecule has 0 saturated carbocycles. The second kappa shape index (κ2) is 5.35. The number of aryl methyl sites for hydroxylation is 2. The number of benzene rings is 1. The summed E-state index contributed by atoms with van der Waals surface area (Å²) in [7, 11) is 1.63. The first-order valence-corrected chi connectivity index (χ1v) is 5.57. The number of methoxy groups -OCH3 is 1. The summed E-state index contributed by atoms with van der Waals surface area (Å²) in [5.41, 5.74) is 1.24. The zero-order chi connectivity index (χ0) is 13.0. The molecule has 0 aliphatic carbocycles. The van der Waals surface area contributed by atoms with E-state index in [0.29, 0.717) is 6.54 Å². The first-order valence-electron chi connectivity index (χ1n) is 5.57. The summed E-state index contributed by atoms with van der Waals surface area (Å²) in [4.78, 5) is 14.5. The summed E-state index contributed by atoms with van der Waals surface area (Å²) in [6, 6.07) is 7.81. The van der Waals surface area contributed by atoms with Crippen molar-refractivity contribution in [3.63, 3.8) is 0 Å². The van der Waals surface area contributed by atoms with E-state index in [1.54, 1.807) is 11.7 Å². The second-order valence-electron chi connectivity index (χ2n) is 3.90. The van der Waals surface area contributed by atoms with Gasteiger partial charge in [-0.15, -0.1) is 0 Å². The maximum Gasteiger partial charge on any atom is 0.356 e. The molecule has 5 nitrogen and oxygen atoms in total. The molecule has 0 fully saturated rings. The summed E-state index contributed by atoms with van der Waals surface area (Å²) in [5.74, 6) is -0.173. The minimum atomic E-state index is -1.00. The van der Waals surface area contributed by atoms with E-state index in [4.69, 9.17) is 9.84 Å². The number of ether oxygens (including phenoxy) is 1. The Bertz CT molecular complexity index is 531. The molecule has 0 aliphatic rings. The third-order valence-corrected chi connectivity index (χ3v) is 2.67. The third kappa shape index (κ3) is 2.88. The summed E-state index contributed by atoms with van der Waals surface area (Å²) in [6.45, 7) is 0.701. The Morgan fingerprint density at radius 3 is 2.67 bits per heavy atom. The van der Waals surface area contributed by atoms with Crippen LogP contribution in [0.5, 0.6) is 5.75 Å². The van der Waals surface area contributed by atoms with Gasteiger partial charge < -0.3 is 14.4 Å². The van der Waals surface area contributed by atoms with E-state index in [0.717, 1.165) is 12.2 Å². The maximum atomic E-state index is 10.7. The van der Waals surface area contributed by atoms with Crippen LogP contribution >= 0.6 is 0 Å². The van der Waals surface area contributed by atoms with Crippen LogP contribution in [0.2, 0.25) is 0 Å². The lowest BCUT2D eigenvalue weighted by Crippen LogP contribution is -1.99. The van der Waals surface area contributed by atoms with Crippen LogP contribution < -0.4 is 4.74 Å². The van der Waals surface area contributed by atoms with Crippen molar-refractivity contribution < 1.29 is 14.6 Å². The predicted molar refractivity (Wildman–Crippen MR) is 65.9 cm³/mol. The highest BCUT2D eigenvalue weighted by Crippen LogP contribution is 2.12. The first kappa shape index (κ1) is 12.2. The van der Waals surface area contributed by atoms with Crippen molar-refractivity contribution in [1.29, 1.82) is 0 Å². The van der Waals surface area contributed by atoms with Crippen LogP contribution in [0.25, 0.3) is 0 Å². The molecule has 2 aromatic rings. The van der Waals surface area contributed by atoms with Gasteiger partial charge in [-0.05, 0) is 24.1 Å². The van der Waals surface area contributed by atoms with Crippen molar-refractivity contribution in [1.82, 2.24) is 9.55 Å². The highest BCUT2D eigenvalue weighted by atomic mass is 16.5. The van der Waals surface area contributed by atoms with Gasteiger partial charge in [-0.1, -0.05) is 12.1 Å². The largest absolute Gasteiger partial charge is 0.497 e. The smallest absolute Gasteiger partial charge is 0.356 e. The van der Waals surface area contributed by atoms with Crippen LogP contribution in [0.4, 0.5) is 0 Å². The second-order valence-corrected chi connectivity index (χ2v) is 3.90. The Labute approximate surface area is 105 Å². The van der Waals surface area contributed by atoms with Gasteiger partial charge in [0.05, 0.1) is 13.4 Å². The monoisotopic (exact) mass is 246 g/mol. The molecule has 1 aromatic carbocycles. The molecule has 0 unspecified atom stereocenters. The number of hydrogen-bond acceptors (Lipinski definition) is 3. The Balaban J connectivity index is 1.95. The number of nitrogens with zero attached hydrogens (tertiary/aromatic N) is 2. The fourth-order valence-electron chi connectivity index (χ4n) is 1.64. The molecule has 1 aromatic heterocycles. The van der Waals surface area contributed by atoms with Gasteiger partial charge >= 0.3 is 5.97 Å². The van der Waals surface area contributed by atoms with Gasteiger partial charge in [-0.2, -0.15) is 0 Å². The van der Waals surface area contributed by atoms with Gasteiger partial charge in [0.25, 0.3) is 0 Å². The Morgan fingerprint density at radius 2 is 2.11 bits per heavy atom. The fraction of sp³-hybridized carbons (Fsp3) is 0.231. The quantitative estimate of drug-likeness (QED) is 0.874. The minimum Gasteiger partial charge on any atom is -0.497 e. The number of carboxylic acids is 1. The molecule has 0 bridgehead atoms. The van der Waals surface area contributed by atoms with Gasteiger partial charge in [0.2, 0.25) is 0 Å². The molecule has 5 heteroatoms. The Hall–Kier alpha value is -2.30. The lowest BCUT2D eigenvalue weighted by Gasteiger charge is -2.04. The summed E-state index contributed by atoms with van der Waals surface area (Å²) >= 11 is 0. The van der Waals surface area contributed by atoms with Gasteiger partial charge in [-0.25, -0.2) is 9.78 Å². The van der Waals surface area contributed by atoms with Gasteiger partial charge in [0, 0.05) is 12.7 Å². The van der Waals surface area contributed by atoms with Crippen molar-refractivity contribution in [2.75, 3.05) is 7.11 Å². The van der Waals surface area contributed by atoms with Crippen molar-refractivity contribution in [3.8, 4) is 5.75 Å². The summed E-state index contributed by atoms with van der Waals surface area (Å²) < 4.78 is 6.85. The first-order chi connectivity index (χ1) is 8.69. The van der Waals surface area contributed by atoms with E-state index in [-0.39, 0.29) is 5.69 Å². The van der Waals surface area contributed by atoms with Crippen LogP contribution in [0.15, 0.2) is 36.8 Å². The highest BCUT2D eigenvalue weighted by molar-refractivity contribution is 5.84. The van der Waals surface area contributed by atoms with E-state index >= 15 is 0 Å². The SMILES string of the molecule is COc1ccc(CCn2cnc(C(=O)O)c2)cc1. The zero-order valence-corrected chi connectivity index (χ0v) is 10.0. The topological polar surface area (TPSA) is 64.4 Å². The van der Waals surface area contributed by atoms with E-state index in [9.17, 15) is 4.79 Å². The molecule has 1 heterocycles. The molecule has 2 rings (SSSR count). The van der Waals surface area contributed by atoms with E-state index in [1.807, 2.05) is 24.3 Å². The molecule has 0 saturated heterocycles. The van der Waals surface area contributed by atoms with E-state index < -0.39 is 5.97 Å². The number of aromatic carboxylic acids is 1. The fourth-order valence-corrected chi connectivity index (χ4v) is 1.64. The van der Waals surface area contributed by atoms with Crippen molar-refractivity contribution in [2.24, 2.45) is 0 Å². The molecule has 0 spiro atoms. The maximum absolute atomic E-state index is 10.7. The number of hydrogen-bond donors (Lipinski definition) is 1. The average Bonchev–Trinajstić information content (AvgIpc) is 2.86. The van der Waals surface area contributed by atoms with Crippen molar-refractivity contribution in [3.05, 3.63) is 48.0 Å². The molecule has 1 N–H and O–H groups in total. The number of rotatable bonds is 5. The number of imidazole rings is 1. The molecule has 94 valence electrons. The molecular weight excluding hydrogens is 232 g/mol. The van der Waals surface area contributed by atoms with Gasteiger partial charge in [-0.3, -0.25) is 0 Å². The molecule has 0 aliphatic heterocycles. The molecule has 0 radical (unpaired) electrons. The normalized spacial score (nSPS) is 10.3. The summed E-state index contributed by atoms with van der Waals surface area (Å²) in [5, 5.41) is 8.75. The Morgan fingerprint density at radius 1 is 1.39 bits per heavy atom. The van der Waals surface area contributed by atoms with Gasteiger partial charge in [0.1, 0.15) is 5.75 Å². The van der Waals surface area contributed by atoms with Crippen molar-refractivity contribution >= 4 is 5.97 Å². The number of carboxylic acid groups (broad SMARTS) is 1. The lowest BCUT2D eigenvalue weighted by atomic mass is 10.1. The minimum absolute atomic E-state index is 0.0738. The number of carbonyl (C=O) groups is 1. The average molecular weight is 246 g/mol. The standard InChI is InChI=1S/C13H14N2O3/c1-18-11-4-2-10(3-5-11)6-7-15-8-12(13(16)17)14-9-15/h2-5,8-9H,6-7H2,1H3,(H,16,17). The van der Waals surface area contributed by atoms with Crippen LogP contribution in [0.3, 0.4) is 0 Å². The van der Waals surface area contributed by atoms with E-state index in [1.165, 1.54) is 18.1 Å². The number of aromatic nitrogens is 2. The van der Waals surface area contributed by atoms with Crippen LogP contribution in [-0.4, -0.2) is 27.7 Å². The van der Waals surface area contributed by atoms with E-state index in [2.05, 4.69) is 4.98 Å². The van der Waals surface area contributed by atoms with Crippen molar-refractivity contribution in [2.45, 2.75) is 13.0 Å². The highest BCUT2D eigenvalue weighted by Gasteiger charge is 2.06. The van der Waals surface area contributed by atoms with Crippen LogP contribution in [0, 0.1) is 0 Å². The molecule has 0 atom stereocenters. The van der Waals surface area contributed by atoms with Crippen LogP contribution in [-0.2, 0) is 13.0 Å². The third-order valence-electron chi connectivity index (χ3n) is 2.67. The molecule has 18 heavy (non-hydrogen) atoms. The Kier molecular flexibility index (Phi) is 3.62. The molecular formula is C13H14N2O3. The van der Waals surface area contributed by atoms with Gasteiger partial charge in [0.15, 0.2) is 5.69 Å².